The third kappa shape index (κ3) is 2.02. The molecule has 5 nitrogen and oxygen atoms in total. The number of likely N-dealkylation sites (tertiary alicyclic amines) is 1. The molecule has 5 heteroatoms. The number of amides is 1. The van der Waals surface area contributed by atoms with Gasteiger partial charge >= 0.3 is 0 Å². The van der Waals surface area contributed by atoms with E-state index in [0.717, 1.165) is 51.4 Å². The van der Waals surface area contributed by atoms with Gasteiger partial charge in [0.05, 0.1) is 17.7 Å². The van der Waals surface area contributed by atoms with E-state index in [4.69, 9.17) is 5.73 Å². The van der Waals surface area contributed by atoms with E-state index in [0.29, 0.717) is 17.8 Å². The lowest BCUT2D eigenvalue weighted by Crippen LogP contribution is -2.57. The van der Waals surface area contributed by atoms with Crippen molar-refractivity contribution in [3.8, 4) is 6.07 Å². The van der Waals surface area contributed by atoms with Gasteiger partial charge in [-0.1, -0.05) is 0 Å². The summed E-state index contributed by atoms with van der Waals surface area (Å²) >= 11 is 0. The van der Waals surface area contributed by atoms with Crippen LogP contribution in [0.15, 0.2) is 0 Å². The normalized spacial score (nSPS) is 52.5. The molecule has 6 unspecified atom stereocenters. The van der Waals surface area contributed by atoms with Gasteiger partial charge in [0.1, 0.15) is 6.04 Å². The van der Waals surface area contributed by atoms with Crippen LogP contribution in [0.4, 0.5) is 0 Å². The van der Waals surface area contributed by atoms with Gasteiger partial charge in [-0.3, -0.25) is 4.79 Å². The zero-order chi connectivity index (χ0) is 16.7. The summed E-state index contributed by atoms with van der Waals surface area (Å²) in [5, 5.41) is 20.3. The van der Waals surface area contributed by atoms with E-state index >= 15 is 0 Å². The number of aliphatic hydroxyl groups is 1. The number of nitrogens with zero attached hydrogens (tertiary/aromatic N) is 2. The summed E-state index contributed by atoms with van der Waals surface area (Å²) in [7, 11) is 0. The Morgan fingerprint density at radius 1 is 1.17 bits per heavy atom. The van der Waals surface area contributed by atoms with Crippen molar-refractivity contribution >= 4 is 5.91 Å². The molecular formula is C19H27N3O2. The average Bonchev–Trinajstić information content (AvgIpc) is 3.24. The molecule has 1 saturated heterocycles. The summed E-state index contributed by atoms with van der Waals surface area (Å²) in [5.41, 5.74) is 5.95. The Balaban J connectivity index is 1.43. The third-order valence-electron chi connectivity index (χ3n) is 7.92. The molecule has 0 radical (unpaired) electrons. The molecule has 0 aromatic heterocycles. The Labute approximate surface area is 143 Å². The SMILES string of the molecule is N#CC1CC2CC2N1C(=O)C(N)C12CCC3(O)CC(CC(C3)C1)C2. The molecule has 3 N–H and O–H groups in total. The highest BCUT2D eigenvalue weighted by atomic mass is 16.3. The predicted molar refractivity (Wildman–Crippen MR) is 87.4 cm³/mol. The molecule has 5 saturated carbocycles. The summed E-state index contributed by atoms with van der Waals surface area (Å²) in [4.78, 5) is 15.1. The number of piperidine rings is 1. The third-order valence-corrected chi connectivity index (χ3v) is 7.92. The Bertz CT molecular complexity index is 613. The second-order valence-electron chi connectivity index (χ2n) is 9.54. The van der Waals surface area contributed by atoms with Crippen LogP contribution in [-0.4, -0.2) is 39.6 Å². The van der Waals surface area contributed by atoms with Gasteiger partial charge in [-0.2, -0.15) is 5.26 Å². The van der Waals surface area contributed by atoms with Crippen molar-refractivity contribution < 1.29 is 9.90 Å². The van der Waals surface area contributed by atoms with E-state index in [2.05, 4.69) is 6.07 Å². The summed E-state index contributed by atoms with van der Waals surface area (Å²) in [6.45, 7) is 0. The number of fused-ring (bicyclic) bond motifs is 2. The van der Waals surface area contributed by atoms with E-state index < -0.39 is 11.6 Å². The highest BCUT2D eigenvalue weighted by Gasteiger charge is 2.60. The lowest BCUT2D eigenvalue weighted by molar-refractivity contribution is -0.138. The molecule has 1 aliphatic heterocycles. The molecule has 0 spiro atoms. The molecule has 0 aromatic carbocycles. The van der Waals surface area contributed by atoms with E-state index in [1.165, 1.54) is 6.42 Å². The average molecular weight is 329 g/mol. The van der Waals surface area contributed by atoms with Gasteiger partial charge < -0.3 is 15.7 Å². The van der Waals surface area contributed by atoms with Crippen molar-refractivity contribution in [2.24, 2.45) is 28.9 Å². The van der Waals surface area contributed by atoms with Crippen molar-refractivity contribution in [1.29, 1.82) is 5.26 Å². The Kier molecular flexibility index (Phi) is 2.99. The van der Waals surface area contributed by atoms with Gasteiger partial charge in [0, 0.05) is 6.04 Å². The van der Waals surface area contributed by atoms with Gasteiger partial charge in [0.15, 0.2) is 0 Å². The first-order valence-electron chi connectivity index (χ1n) is 9.63. The molecule has 6 atom stereocenters. The minimum absolute atomic E-state index is 0.0123. The van der Waals surface area contributed by atoms with Crippen LogP contribution in [0, 0.1) is 34.5 Å². The Morgan fingerprint density at radius 2 is 1.88 bits per heavy atom. The second-order valence-corrected chi connectivity index (χ2v) is 9.54. The molecule has 6 rings (SSSR count). The maximum absolute atomic E-state index is 13.2. The zero-order valence-electron chi connectivity index (χ0n) is 14.2. The number of carbonyl (C=O) groups is 1. The molecular weight excluding hydrogens is 302 g/mol. The lowest BCUT2D eigenvalue weighted by atomic mass is 9.58. The number of nitrogens with two attached hydrogens (primary N) is 1. The molecule has 130 valence electrons. The van der Waals surface area contributed by atoms with Crippen LogP contribution in [-0.2, 0) is 4.79 Å². The van der Waals surface area contributed by atoms with Gasteiger partial charge in [-0.25, -0.2) is 0 Å². The van der Waals surface area contributed by atoms with Crippen LogP contribution in [0.1, 0.15) is 57.8 Å². The number of carbonyl (C=O) groups excluding carboxylic acids is 1. The van der Waals surface area contributed by atoms with Gasteiger partial charge in [-0.15, -0.1) is 0 Å². The summed E-state index contributed by atoms with van der Waals surface area (Å²) in [5.74, 6) is 1.58. The molecule has 24 heavy (non-hydrogen) atoms. The van der Waals surface area contributed by atoms with Crippen LogP contribution in [0.5, 0.6) is 0 Å². The number of hydrogen-bond acceptors (Lipinski definition) is 4. The molecule has 6 aliphatic rings. The van der Waals surface area contributed by atoms with E-state index in [-0.39, 0.29) is 23.4 Å². The first-order chi connectivity index (χ1) is 11.4. The second kappa shape index (κ2) is 4.74. The maximum Gasteiger partial charge on any atom is 0.241 e. The molecule has 5 aliphatic carbocycles. The van der Waals surface area contributed by atoms with Crippen LogP contribution in [0.3, 0.4) is 0 Å². The highest BCUT2D eigenvalue weighted by Crippen LogP contribution is 2.60. The molecule has 6 fully saturated rings. The summed E-state index contributed by atoms with van der Waals surface area (Å²) in [6, 6.07) is 1.81. The fraction of sp³-hybridized carbons (Fsp3) is 0.895. The van der Waals surface area contributed by atoms with Crippen LogP contribution < -0.4 is 5.73 Å². The van der Waals surface area contributed by atoms with Crippen LogP contribution in [0.2, 0.25) is 0 Å². The van der Waals surface area contributed by atoms with Gasteiger partial charge in [0.2, 0.25) is 5.91 Å². The van der Waals surface area contributed by atoms with E-state index in [1.807, 2.05) is 4.90 Å². The van der Waals surface area contributed by atoms with Gasteiger partial charge in [0.25, 0.3) is 0 Å². The van der Waals surface area contributed by atoms with Crippen LogP contribution >= 0.6 is 0 Å². The minimum Gasteiger partial charge on any atom is -0.390 e. The first-order valence-corrected chi connectivity index (χ1v) is 9.63. The molecule has 1 amide bonds. The minimum atomic E-state index is -0.515. The quantitative estimate of drug-likeness (QED) is 0.804. The molecule has 0 aromatic rings. The lowest BCUT2D eigenvalue weighted by Gasteiger charge is -2.49. The standard InChI is InChI=1S/C19H27N3O2/c20-10-14-4-13-5-15(13)22(14)17(23)16(21)18-1-2-19(24)8-11(6-18)3-12(7-18)9-19/h11-16,24H,1-9,21H2. The first kappa shape index (κ1) is 15.2. The van der Waals surface area contributed by atoms with E-state index in [1.54, 1.807) is 0 Å². The van der Waals surface area contributed by atoms with Crippen molar-refractivity contribution in [1.82, 2.24) is 4.90 Å². The Hall–Kier alpha value is -1.12. The van der Waals surface area contributed by atoms with Crippen LogP contribution in [0.25, 0.3) is 0 Å². The summed E-state index contributed by atoms with van der Waals surface area (Å²) < 4.78 is 0. The monoisotopic (exact) mass is 329 g/mol. The highest BCUT2D eigenvalue weighted by molar-refractivity contribution is 5.84. The van der Waals surface area contributed by atoms with Crippen molar-refractivity contribution in [2.75, 3.05) is 0 Å². The molecule has 4 bridgehead atoms. The van der Waals surface area contributed by atoms with Crippen molar-refractivity contribution in [3.63, 3.8) is 0 Å². The maximum atomic E-state index is 13.2. The fourth-order valence-electron chi connectivity index (χ4n) is 6.95. The Morgan fingerprint density at radius 3 is 2.54 bits per heavy atom. The van der Waals surface area contributed by atoms with Crippen molar-refractivity contribution in [3.05, 3.63) is 0 Å². The molecule has 1 heterocycles. The smallest absolute Gasteiger partial charge is 0.241 e. The number of hydrogen-bond donors (Lipinski definition) is 2. The fourth-order valence-corrected chi connectivity index (χ4v) is 6.95. The topological polar surface area (TPSA) is 90.4 Å². The number of rotatable bonds is 2. The predicted octanol–water partition coefficient (Wildman–Crippen LogP) is 1.55. The number of nitriles is 1. The largest absolute Gasteiger partial charge is 0.390 e. The zero-order valence-corrected chi connectivity index (χ0v) is 14.2. The summed E-state index contributed by atoms with van der Waals surface area (Å²) in [6.07, 6.45) is 8.47. The van der Waals surface area contributed by atoms with E-state index in [9.17, 15) is 15.2 Å². The van der Waals surface area contributed by atoms with Gasteiger partial charge in [-0.05, 0) is 81.0 Å². The van der Waals surface area contributed by atoms with Crippen molar-refractivity contribution in [2.45, 2.75) is 81.5 Å².